The van der Waals surface area contributed by atoms with Gasteiger partial charge in [-0.3, -0.25) is 9.69 Å². The van der Waals surface area contributed by atoms with E-state index in [9.17, 15) is 9.59 Å². The van der Waals surface area contributed by atoms with Crippen molar-refractivity contribution in [1.29, 1.82) is 0 Å². The molecular formula is C21H22N4O5. The van der Waals surface area contributed by atoms with Crippen LogP contribution in [0.15, 0.2) is 36.4 Å². The number of amides is 3. The SMILES string of the molecule is O=C1COc2ccc(NC(=O)N3CCN(Cc4ccc5c(c4)OCO5)CC3)cc2N1. The number of nitrogens with zero attached hydrogens (tertiary/aromatic N) is 2. The Morgan fingerprint density at radius 1 is 0.967 bits per heavy atom. The zero-order valence-electron chi connectivity index (χ0n) is 16.3. The van der Waals surface area contributed by atoms with Crippen molar-refractivity contribution in [2.24, 2.45) is 0 Å². The van der Waals surface area contributed by atoms with Crippen molar-refractivity contribution in [2.75, 3.05) is 50.2 Å². The van der Waals surface area contributed by atoms with Crippen LogP contribution < -0.4 is 24.8 Å². The Labute approximate surface area is 173 Å². The Hall–Kier alpha value is -3.46. The molecule has 2 aromatic rings. The van der Waals surface area contributed by atoms with E-state index >= 15 is 0 Å². The lowest BCUT2D eigenvalue weighted by Crippen LogP contribution is -2.49. The molecule has 30 heavy (non-hydrogen) atoms. The van der Waals surface area contributed by atoms with E-state index in [0.29, 0.717) is 30.2 Å². The molecule has 0 unspecified atom stereocenters. The maximum absolute atomic E-state index is 12.6. The number of hydrogen-bond donors (Lipinski definition) is 2. The molecule has 0 spiro atoms. The fourth-order valence-corrected chi connectivity index (χ4v) is 3.77. The number of carbonyl (C=O) groups excluding carboxylic acids is 2. The Balaban J connectivity index is 1.14. The van der Waals surface area contributed by atoms with Crippen LogP contribution in [0.4, 0.5) is 16.2 Å². The van der Waals surface area contributed by atoms with Crippen LogP contribution in [0.25, 0.3) is 0 Å². The van der Waals surface area contributed by atoms with Gasteiger partial charge in [0.1, 0.15) is 5.75 Å². The highest BCUT2D eigenvalue weighted by atomic mass is 16.7. The first-order valence-electron chi connectivity index (χ1n) is 9.87. The van der Waals surface area contributed by atoms with Crippen LogP contribution in [0.5, 0.6) is 17.2 Å². The highest BCUT2D eigenvalue weighted by molar-refractivity contribution is 5.97. The number of piperazine rings is 1. The lowest BCUT2D eigenvalue weighted by Gasteiger charge is -2.34. The van der Waals surface area contributed by atoms with Gasteiger partial charge in [0.2, 0.25) is 6.79 Å². The highest BCUT2D eigenvalue weighted by Crippen LogP contribution is 2.33. The lowest BCUT2D eigenvalue weighted by atomic mass is 10.1. The summed E-state index contributed by atoms with van der Waals surface area (Å²) in [5.74, 6) is 1.97. The van der Waals surface area contributed by atoms with Crippen LogP contribution >= 0.6 is 0 Å². The van der Waals surface area contributed by atoms with Gasteiger partial charge in [0.25, 0.3) is 5.91 Å². The molecule has 9 heteroatoms. The largest absolute Gasteiger partial charge is 0.482 e. The summed E-state index contributed by atoms with van der Waals surface area (Å²) in [6, 6.07) is 11.1. The maximum atomic E-state index is 12.6. The fraction of sp³-hybridized carbons (Fsp3) is 0.333. The van der Waals surface area contributed by atoms with Gasteiger partial charge in [-0.15, -0.1) is 0 Å². The van der Waals surface area contributed by atoms with Crippen LogP contribution in [0.2, 0.25) is 0 Å². The standard InChI is InChI=1S/C21H22N4O5/c26-20-12-28-17-4-2-15(10-16(17)23-20)22-21(27)25-7-5-24(6-8-25)11-14-1-3-18-19(9-14)30-13-29-18/h1-4,9-10H,5-8,11-13H2,(H,22,27)(H,23,26). The van der Waals surface area contributed by atoms with Gasteiger partial charge < -0.3 is 29.7 Å². The Morgan fingerprint density at radius 3 is 2.63 bits per heavy atom. The van der Waals surface area contributed by atoms with E-state index in [4.69, 9.17) is 14.2 Å². The monoisotopic (exact) mass is 410 g/mol. The molecule has 3 amide bonds. The summed E-state index contributed by atoms with van der Waals surface area (Å²) in [7, 11) is 0. The van der Waals surface area contributed by atoms with Crippen LogP contribution in [-0.2, 0) is 11.3 Å². The minimum Gasteiger partial charge on any atom is -0.482 e. The normalized spacial score (nSPS) is 17.7. The highest BCUT2D eigenvalue weighted by Gasteiger charge is 2.23. The Kier molecular flexibility index (Phi) is 4.80. The Morgan fingerprint density at radius 2 is 1.77 bits per heavy atom. The molecule has 1 saturated heterocycles. The molecule has 5 rings (SSSR count). The summed E-state index contributed by atoms with van der Waals surface area (Å²) < 4.78 is 16.1. The summed E-state index contributed by atoms with van der Waals surface area (Å²) in [5, 5.41) is 5.65. The van der Waals surface area contributed by atoms with Gasteiger partial charge >= 0.3 is 6.03 Å². The molecule has 3 heterocycles. The molecule has 3 aliphatic rings. The van der Waals surface area contributed by atoms with Crippen molar-refractivity contribution >= 4 is 23.3 Å². The van der Waals surface area contributed by atoms with Crippen LogP contribution in [0.3, 0.4) is 0 Å². The molecule has 1 fully saturated rings. The zero-order valence-corrected chi connectivity index (χ0v) is 16.3. The van der Waals surface area contributed by atoms with Crippen LogP contribution in [0, 0.1) is 0 Å². The predicted molar refractivity (Wildman–Crippen MR) is 109 cm³/mol. The molecule has 0 radical (unpaired) electrons. The first-order valence-corrected chi connectivity index (χ1v) is 9.87. The second-order valence-electron chi connectivity index (χ2n) is 7.43. The minimum absolute atomic E-state index is 0.00917. The van der Waals surface area contributed by atoms with Crippen molar-refractivity contribution in [3.8, 4) is 17.2 Å². The summed E-state index contributed by atoms with van der Waals surface area (Å²) in [6.45, 7) is 3.94. The molecule has 2 aromatic carbocycles. The average Bonchev–Trinajstić information content (AvgIpc) is 3.22. The molecule has 2 N–H and O–H groups in total. The van der Waals surface area contributed by atoms with Crippen molar-refractivity contribution in [3.63, 3.8) is 0 Å². The van der Waals surface area contributed by atoms with E-state index in [2.05, 4.69) is 15.5 Å². The molecule has 0 aliphatic carbocycles. The molecule has 156 valence electrons. The number of anilines is 2. The minimum atomic E-state index is -0.204. The molecule has 0 aromatic heterocycles. The molecule has 0 saturated carbocycles. The van der Waals surface area contributed by atoms with Gasteiger partial charge in [-0.25, -0.2) is 4.79 Å². The van der Waals surface area contributed by atoms with Gasteiger partial charge in [0, 0.05) is 38.4 Å². The van der Waals surface area contributed by atoms with Gasteiger partial charge in [0.05, 0.1) is 5.69 Å². The summed E-state index contributed by atoms with van der Waals surface area (Å²) in [5.41, 5.74) is 2.35. The molecule has 0 atom stereocenters. The number of urea groups is 1. The first kappa shape index (κ1) is 18.6. The lowest BCUT2D eigenvalue weighted by molar-refractivity contribution is -0.118. The Bertz CT molecular complexity index is 987. The van der Waals surface area contributed by atoms with Gasteiger partial charge in [-0.2, -0.15) is 0 Å². The van der Waals surface area contributed by atoms with Crippen LogP contribution in [0.1, 0.15) is 5.56 Å². The molecular weight excluding hydrogens is 388 g/mol. The number of carbonyl (C=O) groups is 2. The third kappa shape index (κ3) is 3.84. The van der Waals surface area contributed by atoms with Crippen molar-refractivity contribution in [1.82, 2.24) is 9.80 Å². The maximum Gasteiger partial charge on any atom is 0.321 e. The fourth-order valence-electron chi connectivity index (χ4n) is 3.77. The van der Waals surface area contributed by atoms with Crippen molar-refractivity contribution in [3.05, 3.63) is 42.0 Å². The zero-order chi connectivity index (χ0) is 20.5. The average molecular weight is 410 g/mol. The van der Waals surface area contributed by atoms with Gasteiger partial charge in [0.15, 0.2) is 18.1 Å². The van der Waals surface area contributed by atoms with Crippen molar-refractivity contribution < 1.29 is 23.8 Å². The molecule has 3 aliphatic heterocycles. The third-order valence-electron chi connectivity index (χ3n) is 5.37. The topological polar surface area (TPSA) is 92.4 Å². The van der Waals surface area contributed by atoms with E-state index in [1.165, 1.54) is 0 Å². The summed E-state index contributed by atoms with van der Waals surface area (Å²) >= 11 is 0. The summed E-state index contributed by atoms with van der Waals surface area (Å²) in [6.07, 6.45) is 0. The number of rotatable bonds is 3. The predicted octanol–water partition coefficient (Wildman–Crippen LogP) is 2.10. The van der Waals surface area contributed by atoms with Crippen molar-refractivity contribution in [2.45, 2.75) is 6.54 Å². The second kappa shape index (κ2) is 7.75. The van der Waals surface area contributed by atoms with E-state index in [1.54, 1.807) is 23.1 Å². The number of nitrogens with one attached hydrogen (secondary N) is 2. The van der Waals surface area contributed by atoms with E-state index < -0.39 is 0 Å². The van der Waals surface area contributed by atoms with E-state index in [0.717, 1.165) is 36.7 Å². The quantitative estimate of drug-likeness (QED) is 0.805. The number of ether oxygens (including phenoxy) is 3. The van der Waals surface area contributed by atoms with Gasteiger partial charge in [-0.1, -0.05) is 6.07 Å². The first-order chi connectivity index (χ1) is 14.6. The van der Waals surface area contributed by atoms with Gasteiger partial charge in [-0.05, 0) is 35.9 Å². The molecule has 0 bridgehead atoms. The molecule has 9 nitrogen and oxygen atoms in total. The third-order valence-corrected chi connectivity index (χ3v) is 5.37. The number of fused-ring (bicyclic) bond motifs is 2. The smallest absolute Gasteiger partial charge is 0.321 e. The van der Waals surface area contributed by atoms with E-state index in [-0.39, 0.29) is 25.3 Å². The number of hydrogen-bond acceptors (Lipinski definition) is 6. The van der Waals surface area contributed by atoms with E-state index in [1.807, 2.05) is 18.2 Å². The second-order valence-corrected chi connectivity index (χ2v) is 7.43. The summed E-state index contributed by atoms with van der Waals surface area (Å²) in [4.78, 5) is 28.2. The van der Waals surface area contributed by atoms with Crippen LogP contribution in [-0.4, -0.2) is 61.3 Å². The number of benzene rings is 2.